The van der Waals surface area contributed by atoms with Crippen molar-refractivity contribution in [3.05, 3.63) is 47.7 Å². The van der Waals surface area contributed by atoms with Crippen LogP contribution in [0.15, 0.2) is 47.7 Å². The Bertz CT molecular complexity index is 415. The molecule has 2 aliphatic rings. The summed E-state index contributed by atoms with van der Waals surface area (Å²) in [4.78, 5) is 10.8. The summed E-state index contributed by atoms with van der Waals surface area (Å²) >= 11 is 0. The standard InChI is InChI=1S/C12H14N2O/c1-12-5-3-2-4-10(12)6-9(8-14-12)7-11(13)15/h2-6,8,14H,7H2,1H3,(H2,13,15). The Labute approximate surface area is 89.0 Å². The molecule has 1 amide bonds. The summed E-state index contributed by atoms with van der Waals surface area (Å²) in [6.45, 7) is 2.09. The second-order valence-corrected chi connectivity index (χ2v) is 4.03. The van der Waals surface area contributed by atoms with Crippen molar-refractivity contribution in [3.63, 3.8) is 0 Å². The van der Waals surface area contributed by atoms with Crippen LogP contribution < -0.4 is 11.1 Å². The van der Waals surface area contributed by atoms with Gasteiger partial charge in [0.05, 0.1) is 12.0 Å². The van der Waals surface area contributed by atoms with Gasteiger partial charge < -0.3 is 11.1 Å². The monoisotopic (exact) mass is 202 g/mol. The van der Waals surface area contributed by atoms with Gasteiger partial charge in [0.15, 0.2) is 0 Å². The van der Waals surface area contributed by atoms with E-state index in [9.17, 15) is 4.79 Å². The number of fused-ring (bicyclic) bond motifs is 1. The predicted octanol–water partition coefficient (Wildman–Crippen LogP) is 1.16. The first-order chi connectivity index (χ1) is 7.10. The number of allylic oxidation sites excluding steroid dienone is 3. The molecule has 3 N–H and O–H groups in total. The van der Waals surface area contributed by atoms with Gasteiger partial charge in [-0.05, 0) is 18.1 Å². The van der Waals surface area contributed by atoms with Gasteiger partial charge >= 0.3 is 0 Å². The summed E-state index contributed by atoms with van der Waals surface area (Å²) in [6, 6.07) is 0. The van der Waals surface area contributed by atoms with Crippen molar-refractivity contribution in [1.29, 1.82) is 0 Å². The van der Waals surface area contributed by atoms with Crippen LogP contribution in [0.1, 0.15) is 13.3 Å². The third kappa shape index (κ3) is 1.86. The van der Waals surface area contributed by atoms with Crippen LogP contribution in [0.5, 0.6) is 0 Å². The van der Waals surface area contributed by atoms with Crippen molar-refractivity contribution in [2.75, 3.05) is 0 Å². The van der Waals surface area contributed by atoms with Crippen molar-refractivity contribution >= 4 is 5.91 Å². The highest BCUT2D eigenvalue weighted by atomic mass is 16.1. The summed E-state index contributed by atoms with van der Waals surface area (Å²) in [5.41, 5.74) is 7.09. The number of amides is 1. The summed E-state index contributed by atoms with van der Waals surface area (Å²) in [5.74, 6) is -0.307. The van der Waals surface area contributed by atoms with E-state index in [1.54, 1.807) is 0 Å². The molecule has 0 radical (unpaired) electrons. The maximum atomic E-state index is 10.8. The van der Waals surface area contributed by atoms with Crippen molar-refractivity contribution < 1.29 is 4.79 Å². The zero-order valence-corrected chi connectivity index (χ0v) is 8.66. The van der Waals surface area contributed by atoms with Crippen LogP contribution in [0, 0.1) is 0 Å². The third-order valence-electron chi connectivity index (χ3n) is 2.69. The van der Waals surface area contributed by atoms with Crippen molar-refractivity contribution in [2.45, 2.75) is 18.9 Å². The molecule has 3 heteroatoms. The number of nitrogens with two attached hydrogens (primary N) is 1. The molecule has 3 nitrogen and oxygen atoms in total. The van der Waals surface area contributed by atoms with Gasteiger partial charge in [-0.3, -0.25) is 4.79 Å². The van der Waals surface area contributed by atoms with Crippen LogP contribution in [0.25, 0.3) is 0 Å². The Kier molecular flexibility index (Phi) is 2.23. The summed E-state index contributed by atoms with van der Waals surface area (Å²) in [5, 5.41) is 3.28. The van der Waals surface area contributed by atoms with E-state index in [4.69, 9.17) is 5.73 Å². The highest BCUT2D eigenvalue weighted by Crippen LogP contribution is 2.28. The number of hydrogen-bond acceptors (Lipinski definition) is 2. The molecule has 1 aliphatic carbocycles. The summed E-state index contributed by atoms with van der Waals surface area (Å²) < 4.78 is 0. The van der Waals surface area contributed by atoms with Gasteiger partial charge in [-0.25, -0.2) is 0 Å². The molecule has 0 spiro atoms. The molecule has 0 saturated heterocycles. The molecule has 78 valence electrons. The number of rotatable bonds is 2. The Morgan fingerprint density at radius 3 is 3.07 bits per heavy atom. The van der Waals surface area contributed by atoms with E-state index in [-0.39, 0.29) is 17.9 Å². The number of nitrogens with one attached hydrogen (secondary N) is 1. The number of primary amides is 1. The second-order valence-electron chi connectivity index (χ2n) is 4.03. The minimum Gasteiger partial charge on any atom is -0.378 e. The van der Waals surface area contributed by atoms with Crippen LogP contribution in [0.3, 0.4) is 0 Å². The van der Waals surface area contributed by atoms with E-state index in [1.807, 2.05) is 30.5 Å². The highest BCUT2D eigenvalue weighted by molar-refractivity contribution is 5.77. The fourth-order valence-corrected chi connectivity index (χ4v) is 1.79. The molecular weight excluding hydrogens is 188 g/mol. The first-order valence-corrected chi connectivity index (χ1v) is 4.93. The lowest BCUT2D eigenvalue weighted by Crippen LogP contribution is -2.41. The molecule has 15 heavy (non-hydrogen) atoms. The molecule has 1 unspecified atom stereocenters. The third-order valence-corrected chi connectivity index (χ3v) is 2.69. The van der Waals surface area contributed by atoms with Crippen LogP contribution in [-0.2, 0) is 4.79 Å². The SMILES string of the molecule is CC12C=CC=CC1=CC(CC(N)=O)=CN2. The predicted molar refractivity (Wildman–Crippen MR) is 59.8 cm³/mol. The minimum atomic E-state index is -0.307. The topological polar surface area (TPSA) is 55.1 Å². The van der Waals surface area contributed by atoms with Gasteiger partial charge in [0, 0.05) is 6.20 Å². The van der Waals surface area contributed by atoms with Crippen LogP contribution in [0.2, 0.25) is 0 Å². The summed E-state index contributed by atoms with van der Waals surface area (Å²) in [6.07, 6.45) is 12.3. The van der Waals surface area contributed by atoms with Crippen LogP contribution in [-0.4, -0.2) is 11.4 Å². The van der Waals surface area contributed by atoms with E-state index in [0.29, 0.717) is 0 Å². The van der Waals surface area contributed by atoms with Gasteiger partial charge in [-0.1, -0.05) is 30.4 Å². The average molecular weight is 202 g/mol. The molecule has 0 bridgehead atoms. The normalized spacial score (nSPS) is 27.5. The second kappa shape index (κ2) is 3.42. The van der Waals surface area contributed by atoms with Crippen molar-refractivity contribution in [1.82, 2.24) is 5.32 Å². The molecule has 0 saturated carbocycles. The minimum absolute atomic E-state index is 0.143. The maximum Gasteiger partial charge on any atom is 0.221 e. The van der Waals surface area contributed by atoms with E-state index in [0.717, 1.165) is 11.1 Å². The Hall–Kier alpha value is -1.77. The van der Waals surface area contributed by atoms with Gasteiger partial charge in [0.1, 0.15) is 0 Å². The zero-order chi connectivity index (χ0) is 10.9. The lowest BCUT2D eigenvalue weighted by Gasteiger charge is -2.33. The number of dihydropyridines is 1. The fraction of sp³-hybridized carbons (Fsp3) is 0.250. The first kappa shape index (κ1) is 9.77. The maximum absolute atomic E-state index is 10.8. The van der Waals surface area contributed by atoms with Crippen LogP contribution >= 0.6 is 0 Å². The van der Waals surface area contributed by atoms with E-state index < -0.39 is 0 Å². The molecule has 1 atom stereocenters. The van der Waals surface area contributed by atoms with E-state index in [1.165, 1.54) is 0 Å². The fourth-order valence-electron chi connectivity index (χ4n) is 1.79. The highest BCUT2D eigenvalue weighted by Gasteiger charge is 2.27. The van der Waals surface area contributed by atoms with Crippen molar-refractivity contribution in [2.24, 2.45) is 5.73 Å². The summed E-state index contributed by atoms with van der Waals surface area (Å²) in [7, 11) is 0. The molecule has 0 fully saturated rings. The molecule has 0 aromatic heterocycles. The van der Waals surface area contributed by atoms with Gasteiger partial charge in [-0.15, -0.1) is 0 Å². The van der Waals surface area contributed by atoms with Gasteiger partial charge in [0.25, 0.3) is 0 Å². The molecule has 1 heterocycles. The van der Waals surface area contributed by atoms with E-state index >= 15 is 0 Å². The van der Waals surface area contributed by atoms with E-state index in [2.05, 4.69) is 18.3 Å². The Morgan fingerprint density at radius 1 is 1.53 bits per heavy atom. The lowest BCUT2D eigenvalue weighted by atomic mass is 9.84. The lowest BCUT2D eigenvalue weighted by molar-refractivity contribution is -0.117. The Morgan fingerprint density at radius 2 is 2.33 bits per heavy atom. The zero-order valence-electron chi connectivity index (χ0n) is 8.66. The van der Waals surface area contributed by atoms with Crippen molar-refractivity contribution in [3.8, 4) is 0 Å². The smallest absolute Gasteiger partial charge is 0.221 e. The molecule has 1 aliphatic heterocycles. The van der Waals surface area contributed by atoms with Gasteiger partial charge in [-0.2, -0.15) is 0 Å². The van der Waals surface area contributed by atoms with Gasteiger partial charge in [0.2, 0.25) is 5.91 Å². The average Bonchev–Trinajstić information content (AvgIpc) is 2.17. The number of hydrogen-bond donors (Lipinski definition) is 2. The number of carbonyl (C=O) groups is 1. The molecule has 0 aromatic rings. The van der Waals surface area contributed by atoms with Crippen LogP contribution in [0.4, 0.5) is 0 Å². The Balaban J connectivity index is 2.25. The quantitative estimate of drug-likeness (QED) is 0.706. The first-order valence-electron chi connectivity index (χ1n) is 4.93. The largest absolute Gasteiger partial charge is 0.378 e. The molecule has 2 rings (SSSR count). The molecule has 0 aromatic carbocycles. The number of carbonyl (C=O) groups excluding carboxylic acids is 1. The molecular formula is C12H14N2O.